The summed E-state index contributed by atoms with van der Waals surface area (Å²) in [4.78, 5) is 12.7. The first-order valence-corrected chi connectivity index (χ1v) is 12.3. The molecule has 2 aromatic carbocycles. The van der Waals surface area contributed by atoms with Crippen LogP contribution in [0.15, 0.2) is 58.6 Å². The number of nitrogens with one attached hydrogen (secondary N) is 1. The van der Waals surface area contributed by atoms with E-state index in [0.717, 1.165) is 5.69 Å². The van der Waals surface area contributed by atoms with E-state index in [1.165, 1.54) is 22.1 Å². The standard InChI is InChI=1S/C20H22N6O4S2/c1-15-7-8-16(13-18(15)32(28,29)25-9-11-30-12-10-25)21-19(27)14-31-20-22-23-24-26(20)17-5-3-2-4-6-17/h2-8,13H,9-12,14H2,1H3,(H,21,27). The van der Waals surface area contributed by atoms with Gasteiger partial charge in [0.25, 0.3) is 0 Å². The molecule has 168 valence electrons. The predicted octanol–water partition coefficient (Wildman–Crippen LogP) is 1.72. The highest BCUT2D eigenvalue weighted by Gasteiger charge is 2.28. The summed E-state index contributed by atoms with van der Waals surface area (Å²) < 4.78 is 34.3. The second kappa shape index (κ2) is 9.77. The number of carbonyl (C=O) groups is 1. The van der Waals surface area contributed by atoms with Crippen LogP contribution >= 0.6 is 11.8 Å². The maximum absolute atomic E-state index is 13.0. The van der Waals surface area contributed by atoms with Crippen LogP contribution in [0.2, 0.25) is 0 Å². The molecule has 32 heavy (non-hydrogen) atoms. The molecule has 0 atom stereocenters. The Morgan fingerprint density at radius 1 is 1.16 bits per heavy atom. The van der Waals surface area contributed by atoms with Gasteiger partial charge in [-0.05, 0) is 47.2 Å². The predicted molar refractivity (Wildman–Crippen MR) is 119 cm³/mol. The highest BCUT2D eigenvalue weighted by molar-refractivity contribution is 7.99. The van der Waals surface area contributed by atoms with Gasteiger partial charge < -0.3 is 10.1 Å². The number of amides is 1. The van der Waals surface area contributed by atoms with Crippen LogP contribution in [0.25, 0.3) is 5.69 Å². The number of morpholine rings is 1. The summed E-state index contributed by atoms with van der Waals surface area (Å²) in [5, 5.41) is 14.9. The number of aromatic nitrogens is 4. The molecule has 1 amide bonds. The Kier molecular flexibility index (Phi) is 6.84. The van der Waals surface area contributed by atoms with Gasteiger partial charge in [0.15, 0.2) is 0 Å². The van der Waals surface area contributed by atoms with E-state index in [9.17, 15) is 13.2 Å². The molecule has 1 aliphatic heterocycles. The van der Waals surface area contributed by atoms with E-state index in [1.54, 1.807) is 23.7 Å². The maximum Gasteiger partial charge on any atom is 0.243 e. The minimum absolute atomic E-state index is 0.0621. The Bertz CT molecular complexity index is 1190. The number of aryl methyl sites for hydroxylation is 1. The lowest BCUT2D eigenvalue weighted by molar-refractivity contribution is -0.113. The van der Waals surface area contributed by atoms with E-state index >= 15 is 0 Å². The van der Waals surface area contributed by atoms with Gasteiger partial charge in [-0.25, -0.2) is 8.42 Å². The van der Waals surface area contributed by atoms with Gasteiger partial charge in [-0.2, -0.15) is 8.99 Å². The number of para-hydroxylation sites is 1. The number of thioether (sulfide) groups is 1. The van der Waals surface area contributed by atoms with Crippen molar-refractivity contribution in [1.82, 2.24) is 24.5 Å². The largest absolute Gasteiger partial charge is 0.379 e. The van der Waals surface area contributed by atoms with Gasteiger partial charge >= 0.3 is 0 Å². The van der Waals surface area contributed by atoms with Gasteiger partial charge in [-0.15, -0.1) is 5.10 Å². The van der Waals surface area contributed by atoms with Crippen molar-refractivity contribution in [3.63, 3.8) is 0 Å². The lowest BCUT2D eigenvalue weighted by Gasteiger charge is -2.26. The van der Waals surface area contributed by atoms with Gasteiger partial charge in [0, 0.05) is 18.8 Å². The summed E-state index contributed by atoms with van der Waals surface area (Å²) in [5.74, 6) is -0.233. The minimum Gasteiger partial charge on any atom is -0.379 e. The van der Waals surface area contributed by atoms with Crippen LogP contribution in [-0.4, -0.2) is 70.9 Å². The number of nitrogens with zero attached hydrogens (tertiary/aromatic N) is 5. The van der Waals surface area contributed by atoms with Gasteiger partial charge in [0.2, 0.25) is 21.1 Å². The second-order valence-corrected chi connectivity index (χ2v) is 9.89. The van der Waals surface area contributed by atoms with E-state index in [2.05, 4.69) is 20.8 Å². The molecule has 1 fully saturated rings. The molecule has 1 aliphatic rings. The number of tetrazole rings is 1. The third-order valence-corrected chi connectivity index (χ3v) is 7.79. The summed E-state index contributed by atoms with van der Waals surface area (Å²) >= 11 is 1.19. The van der Waals surface area contributed by atoms with Crippen molar-refractivity contribution in [3.8, 4) is 5.69 Å². The van der Waals surface area contributed by atoms with Crippen molar-refractivity contribution in [2.24, 2.45) is 0 Å². The number of carbonyl (C=O) groups excluding carboxylic acids is 1. The molecule has 0 unspecified atom stereocenters. The van der Waals surface area contributed by atoms with Crippen molar-refractivity contribution in [2.75, 3.05) is 37.4 Å². The Morgan fingerprint density at radius 3 is 2.66 bits per heavy atom. The van der Waals surface area contributed by atoms with Crippen LogP contribution in [0.1, 0.15) is 5.56 Å². The van der Waals surface area contributed by atoms with Crippen molar-refractivity contribution in [2.45, 2.75) is 17.0 Å². The molecule has 0 aliphatic carbocycles. The third-order valence-electron chi connectivity index (χ3n) is 4.83. The van der Waals surface area contributed by atoms with Gasteiger partial charge in [-0.3, -0.25) is 4.79 Å². The van der Waals surface area contributed by atoms with E-state index in [-0.39, 0.29) is 16.6 Å². The fourth-order valence-corrected chi connectivity index (χ4v) is 5.56. The summed E-state index contributed by atoms with van der Waals surface area (Å²) in [5.41, 5.74) is 1.82. The number of anilines is 1. The molecule has 4 rings (SSSR count). The van der Waals surface area contributed by atoms with Crippen molar-refractivity contribution >= 4 is 33.4 Å². The molecule has 2 heterocycles. The minimum atomic E-state index is -3.67. The second-order valence-electron chi connectivity index (χ2n) is 7.04. The van der Waals surface area contributed by atoms with Gasteiger partial charge in [0.05, 0.1) is 29.5 Å². The molecular formula is C20H22N6O4S2. The third kappa shape index (κ3) is 4.99. The van der Waals surface area contributed by atoms with Crippen molar-refractivity contribution in [3.05, 3.63) is 54.1 Å². The number of rotatable bonds is 7. The molecule has 1 saturated heterocycles. The number of benzene rings is 2. The lowest BCUT2D eigenvalue weighted by atomic mass is 10.2. The zero-order chi connectivity index (χ0) is 22.6. The number of ether oxygens (including phenoxy) is 1. The monoisotopic (exact) mass is 474 g/mol. The normalized spacial score (nSPS) is 14.9. The maximum atomic E-state index is 13.0. The SMILES string of the molecule is Cc1ccc(NC(=O)CSc2nnnn2-c2ccccc2)cc1S(=O)(=O)N1CCOCC1. The highest BCUT2D eigenvalue weighted by atomic mass is 32.2. The van der Waals surface area contributed by atoms with Gasteiger partial charge in [0.1, 0.15) is 0 Å². The number of hydrogen-bond acceptors (Lipinski definition) is 8. The van der Waals surface area contributed by atoms with E-state index < -0.39 is 10.0 Å². The topological polar surface area (TPSA) is 119 Å². The van der Waals surface area contributed by atoms with Crippen molar-refractivity contribution in [1.29, 1.82) is 0 Å². The molecule has 1 aromatic heterocycles. The van der Waals surface area contributed by atoms with E-state index in [4.69, 9.17) is 4.74 Å². The summed E-state index contributed by atoms with van der Waals surface area (Å²) in [6.45, 7) is 3.09. The fraction of sp³-hybridized carbons (Fsp3) is 0.300. The van der Waals surface area contributed by atoms with Crippen LogP contribution in [0.5, 0.6) is 0 Å². The molecular weight excluding hydrogens is 452 g/mol. The van der Waals surface area contributed by atoms with Crippen LogP contribution < -0.4 is 5.32 Å². The molecule has 1 N–H and O–H groups in total. The van der Waals surface area contributed by atoms with Crippen molar-refractivity contribution < 1.29 is 17.9 Å². The van der Waals surface area contributed by atoms with Crippen LogP contribution in [0, 0.1) is 6.92 Å². The smallest absolute Gasteiger partial charge is 0.243 e. The quantitative estimate of drug-likeness (QED) is 0.514. The molecule has 0 bridgehead atoms. The summed E-state index contributed by atoms with van der Waals surface area (Å²) in [7, 11) is -3.67. The zero-order valence-corrected chi connectivity index (χ0v) is 19.0. The lowest BCUT2D eigenvalue weighted by Crippen LogP contribution is -2.40. The molecule has 10 nitrogen and oxygen atoms in total. The Labute approximate surface area is 190 Å². The van der Waals surface area contributed by atoms with Gasteiger partial charge in [-0.1, -0.05) is 36.0 Å². The first-order valence-electron chi connectivity index (χ1n) is 9.90. The molecule has 0 saturated carbocycles. The zero-order valence-electron chi connectivity index (χ0n) is 17.3. The van der Waals surface area contributed by atoms with E-state index in [0.29, 0.717) is 42.7 Å². The number of sulfonamides is 1. The molecule has 3 aromatic rings. The van der Waals surface area contributed by atoms with Crippen LogP contribution in [0.3, 0.4) is 0 Å². The molecule has 0 radical (unpaired) electrons. The Morgan fingerprint density at radius 2 is 1.91 bits per heavy atom. The highest BCUT2D eigenvalue weighted by Crippen LogP contribution is 2.25. The first kappa shape index (κ1) is 22.4. The molecule has 0 spiro atoms. The fourth-order valence-electron chi connectivity index (χ4n) is 3.21. The Hall–Kier alpha value is -2.80. The average molecular weight is 475 g/mol. The summed E-state index contributed by atoms with van der Waals surface area (Å²) in [6.07, 6.45) is 0. The average Bonchev–Trinajstić information content (AvgIpc) is 3.29. The van der Waals surface area contributed by atoms with Crippen LogP contribution in [-0.2, 0) is 19.6 Å². The van der Waals surface area contributed by atoms with Crippen LogP contribution in [0.4, 0.5) is 5.69 Å². The molecule has 12 heteroatoms. The summed E-state index contributed by atoms with van der Waals surface area (Å²) in [6, 6.07) is 14.2. The first-order chi connectivity index (χ1) is 15.4. The number of hydrogen-bond donors (Lipinski definition) is 1. The Balaban J connectivity index is 1.43. The van der Waals surface area contributed by atoms with E-state index in [1.807, 2.05) is 30.3 Å².